The molecule has 0 aliphatic heterocycles. The molecule has 2 aromatic carbocycles. The molecule has 0 spiro atoms. The molecule has 0 heterocycles. The molecule has 0 aliphatic rings. The quantitative estimate of drug-likeness (QED) is 0.918. The van der Waals surface area contributed by atoms with Crippen molar-refractivity contribution in [2.45, 2.75) is 18.7 Å². The molecule has 0 aromatic heterocycles. The molecule has 2 aromatic rings. The van der Waals surface area contributed by atoms with Crippen LogP contribution in [0.1, 0.15) is 21.5 Å². The maximum atomic E-state index is 12.5. The summed E-state index contributed by atoms with van der Waals surface area (Å²) in [5.74, 6) is -0.535. The average molecular weight is 350 g/mol. The predicted octanol–water partition coefficient (Wildman–Crippen LogP) is 3.54. The van der Waals surface area contributed by atoms with Crippen molar-refractivity contribution < 1.29 is 13.2 Å². The second-order valence-corrected chi connectivity index (χ2v) is 7.25. The van der Waals surface area contributed by atoms with Gasteiger partial charge in [-0.1, -0.05) is 47.0 Å². The van der Waals surface area contributed by atoms with E-state index >= 15 is 0 Å². The summed E-state index contributed by atoms with van der Waals surface area (Å²) in [7, 11) is -3.88. The van der Waals surface area contributed by atoms with Gasteiger partial charge in [0.05, 0.1) is 4.90 Å². The van der Waals surface area contributed by atoms with E-state index in [1.54, 1.807) is 36.4 Å². The number of amides is 1. The standard InChI is InChI=1S/C17H16ClNO3S/c1-12-3-7-14(8-4-12)17(20)19-16(11-18)23(21,22)15-9-5-13(2)6-10-15/h3-11H,1-2H3,(H,19,20)/b16-11+. The maximum absolute atomic E-state index is 12.5. The number of sulfone groups is 1. The monoisotopic (exact) mass is 349 g/mol. The average Bonchev–Trinajstić information content (AvgIpc) is 2.53. The molecule has 2 rings (SSSR count). The van der Waals surface area contributed by atoms with Gasteiger partial charge in [-0.25, -0.2) is 8.42 Å². The lowest BCUT2D eigenvalue weighted by Gasteiger charge is -2.10. The van der Waals surface area contributed by atoms with Crippen LogP contribution in [0.3, 0.4) is 0 Å². The van der Waals surface area contributed by atoms with Gasteiger partial charge in [0.15, 0.2) is 5.03 Å². The third-order valence-corrected chi connectivity index (χ3v) is 5.31. The summed E-state index contributed by atoms with van der Waals surface area (Å²) < 4.78 is 25.1. The number of hydrogen-bond donors (Lipinski definition) is 1. The number of halogens is 1. The summed E-state index contributed by atoms with van der Waals surface area (Å²) in [6.45, 7) is 3.75. The highest BCUT2D eigenvalue weighted by Gasteiger charge is 2.22. The number of rotatable bonds is 4. The molecule has 0 bridgehead atoms. The molecule has 23 heavy (non-hydrogen) atoms. The number of nitrogens with one attached hydrogen (secondary N) is 1. The summed E-state index contributed by atoms with van der Waals surface area (Å²) in [4.78, 5) is 12.3. The van der Waals surface area contributed by atoms with E-state index in [1.165, 1.54) is 12.1 Å². The van der Waals surface area contributed by atoms with Crippen molar-refractivity contribution in [1.82, 2.24) is 5.32 Å². The minimum Gasteiger partial charge on any atom is -0.311 e. The molecule has 1 amide bonds. The molecule has 0 saturated carbocycles. The minimum absolute atomic E-state index is 0.0687. The molecule has 6 heteroatoms. The predicted molar refractivity (Wildman–Crippen MR) is 90.9 cm³/mol. The number of hydrogen-bond acceptors (Lipinski definition) is 3. The summed E-state index contributed by atoms with van der Waals surface area (Å²) in [6.07, 6.45) is 0. The Hall–Kier alpha value is -2.11. The SMILES string of the molecule is Cc1ccc(C(=O)N/C(=C\Cl)S(=O)(=O)c2ccc(C)cc2)cc1. The summed E-state index contributed by atoms with van der Waals surface area (Å²) in [5, 5.41) is 2.00. The van der Waals surface area contributed by atoms with Crippen molar-refractivity contribution in [3.05, 3.63) is 75.8 Å². The number of carbonyl (C=O) groups is 1. The normalized spacial score (nSPS) is 12.0. The van der Waals surface area contributed by atoms with E-state index in [2.05, 4.69) is 5.32 Å². The van der Waals surface area contributed by atoms with Crippen LogP contribution in [-0.2, 0) is 9.84 Å². The second kappa shape index (κ2) is 6.98. The minimum atomic E-state index is -3.88. The Morgan fingerprint density at radius 2 is 1.43 bits per heavy atom. The van der Waals surface area contributed by atoms with Gasteiger partial charge >= 0.3 is 0 Å². The number of aryl methyl sites for hydroxylation is 2. The zero-order valence-corrected chi connectivity index (χ0v) is 14.3. The van der Waals surface area contributed by atoms with E-state index < -0.39 is 15.7 Å². The van der Waals surface area contributed by atoms with Gasteiger partial charge in [-0.2, -0.15) is 0 Å². The third kappa shape index (κ3) is 4.00. The largest absolute Gasteiger partial charge is 0.311 e. The Kier molecular flexibility index (Phi) is 5.23. The Morgan fingerprint density at radius 3 is 1.91 bits per heavy atom. The molecule has 120 valence electrons. The summed E-state index contributed by atoms with van der Waals surface area (Å²) in [5.41, 5.74) is 3.15. The molecule has 0 atom stereocenters. The van der Waals surface area contributed by atoms with E-state index in [0.29, 0.717) is 5.56 Å². The zero-order valence-electron chi connectivity index (χ0n) is 12.7. The van der Waals surface area contributed by atoms with Crippen LogP contribution < -0.4 is 5.32 Å². The second-order valence-electron chi connectivity index (χ2n) is 5.11. The van der Waals surface area contributed by atoms with Crippen molar-refractivity contribution in [2.75, 3.05) is 0 Å². The van der Waals surface area contributed by atoms with Gasteiger partial charge in [0, 0.05) is 11.1 Å². The van der Waals surface area contributed by atoms with E-state index in [9.17, 15) is 13.2 Å². The molecule has 0 radical (unpaired) electrons. The molecule has 0 aliphatic carbocycles. The van der Waals surface area contributed by atoms with Gasteiger partial charge in [-0.15, -0.1) is 0 Å². The Morgan fingerprint density at radius 1 is 0.957 bits per heavy atom. The third-order valence-electron chi connectivity index (χ3n) is 3.27. The van der Waals surface area contributed by atoms with Crippen LogP contribution in [0.15, 0.2) is 64.0 Å². The Balaban J connectivity index is 2.27. The maximum Gasteiger partial charge on any atom is 0.256 e. The molecule has 0 saturated heterocycles. The van der Waals surface area contributed by atoms with Crippen molar-refractivity contribution in [2.24, 2.45) is 0 Å². The molecule has 0 fully saturated rings. The lowest BCUT2D eigenvalue weighted by Crippen LogP contribution is -2.27. The lowest BCUT2D eigenvalue weighted by atomic mass is 10.1. The highest BCUT2D eigenvalue weighted by atomic mass is 35.5. The smallest absolute Gasteiger partial charge is 0.256 e. The summed E-state index contributed by atoms with van der Waals surface area (Å²) in [6, 6.07) is 13.1. The van der Waals surface area contributed by atoms with Gasteiger partial charge in [0.2, 0.25) is 9.84 Å². The van der Waals surface area contributed by atoms with E-state index in [1.807, 2.05) is 13.8 Å². The molecule has 1 N–H and O–H groups in total. The molecular formula is C17H16ClNO3S. The van der Waals surface area contributed by atoms with Crippen molar-refractivity contribution in [3.8, 4) is 0 Å². The molecular weight excluding hydrogens is 334 g/mol. The summed E-state index contributed by atoms with van der Waals surface area (Å²) >= 11 is 5.63. The van der Waals surface area contributed by atoms with Crippen LogP contribution in [0.25, 0.3) is 0 Å². The van der Waals surface area contributed by atoms with Crippen LogP contribution in [0, 0.1) is 13.8 Å². The van der Waals surface area contributed by atoms with E-state index in [0.717, 1.165) is 16.7 Å². The highest BCUT2D eigenvalue weighted by Crippen LogP contribution is 2.19. The van der Waals surface area contributed by atoms with Crippen LogP contribution in [0.5, 0.6) is 0 Å². The van der Waals surface area contributed by atoms with E-state index in [4.69, 9.17) is 11.6 Å². The van der Waals surface area contributed by atoms with Crippen LogP contribution in [0.4, 0.5) is 0 Å². The number of benzene rings is 2. The first kappa shape index (κ1) is 17.2. The van der Waals surface area contributed by atoms with Gasteiger partial charge in [-0.3, -0.25) is 4.79 Å². The van der Waals surface area contributed by atoms with Crippen molar-refractivity contribution >= 4 is 27.3 Å². The molecule has 0 unspecified atom stereocenters. The van der Waals surface area contributed by atoms with Crippen LogP contribution >= 0.6 is 11.6 Å². The topological polar surface area (TPSA) is 63.2 Å². The van der Waals surface area contributed by atoms with E-state index in [-0.39, 0.29) is 9.92 Å². The van der Waals surface area contributed by atoms with Gasteiger partial charge in [0.25, 0.3) is 5.91 Å². The van der Waals surface area contributed by atoms with Crippen molar-refractivity contribution in [3.63, 3.8) is 0 Å². The zero-order chi connectivity index (χ0) is 17.0. The first-order valence-corrected chi connectivity index (χ1v) is 8.76. The molecule has 4 nitrogen and oxygen atoms in total. The Labute approximate surface area is 140 Å². The van der Waals surface area contributed by atoms with Crippen LogP contribution in [-0.4, -0.2) is 14.3 Å². The van der Waals surface area contributed by atoms with Gasteiger partial charge in [-0.05, 0) is 38.1 Å². The fraction of sp³-hybridized carbons (Fsp3) is 0.118. The Bertz CT molecular complexity index is 838. The highest BCUT2D eigenvalue weighted by molar-refractivity contribution is 7.95. The fourth-order valence-electron chi connectivity index (χ4n) is 1.89. The van der Waals surface area contributed by atoms with Crippen molar-refractivity contribution in [1.29, 1.82) is 0 Å². The van der Waals surface area contributed by atoms with Gasteiger partial charge < -0.3 is 5.32 Å². The van der Waals surface area contributed by atoms with Gasteiger partial charge in [0.1, 0.15) is 0 Å². The fourth-order valence-corrected chi connectivity index (χ4v) is 3.39. The number of carbonyl (C=O) groups excluding carboxylic acids is 1. The van der Waals surface area contributed by atoms with Crippen LogP contribution in [0.2, 0.25) is 0 Å². The first-order chi connectivity index (χ1) is 10.8. The lowest BCUT2D eigenvalue weighted by molar-refractivity contribution is 0.0968. The first-order valence-electron chi connectivity index (χ1n) is 6.85.